The number of alkyl halides is 1. The van der Waals surface area contributed by atoms with Crippen molar-refractivity contribution < 1.29 is 19.0 Å². The highest BCUT2D eigenvalue weighted by Crippen LogP contribution is 2.43. The number of benzene rings is 1. The molecule has 1 aliphatic carbocycles. The van der Waals surface area contributed by atoms with E-state index in [0.29, 0.717) is 17.9 Å². The predicted octanol–water partition coefficient (Wildman–Crippen LogP) is 6.66. The Morgan fingerprint density at radius 1 is 1.14 bits per heavy atom. The fourth-order valence-electron chi connectivity index (χ4n) is 4.78. The number of nitrogens with zero attached hydrogens (tertiary/aromatic N) is 1. The molecule has 0 atom stereocenters. The Kier molecular flexibility index (Phi) is 8.37. The summed E-state index contributed by atoms with van der Waals surface area (Å²) < 4.78 is 18.9. The smallest absolute Gasteiger partial charge is 0.303 e. The summed E-state index contributed by atoms with van der Waals surface area (Å²) in [6.45, 7) is 6.61. The number of piperidine rings is 1. The molecule has 1 spiro atoms. The number of allylic oxidation sites excluding steroid dienone is 5. The lowest BCUT2D eigenvalue weighted by Crippen LogP contribution is -2.40. The van der Waals surface area contributed by atoms with Crippen LogP contribution >= 0.6 is 11.3 Å². The fourth-order valence-corrected chi connectivity index (χ4v) is 5.75. The van der Waals surface area contributed by atoms with Crippen molar-refractivity contribution in [1.29, 1.82) is 0 Å². The Morgan fingerprint density at radius 3 is 2.66 bits per heavy atom. The monoisotopic (exact) mass is 493 g/mol. The summed E-state index contributed by atoms with van der Waals surface area (Å²) in [4.78, 5) is 15.7. The Labute approximate surface area is 210 Å². The van der Waals surface area contributed by atoms with Gasteiger partial charge < -0.3 is 9.84 Å². The van der Waals surface area contributed by atoms with Gasteiger partial charge in [-0.2, -0.15) is 0 Å². The Morgan fingerprint density at radius 2 is 1.91 bits per heavy atom. The van der Waals surface area contributed by atoms with Crippen LogP contribution in [0.15, 0.2) is 78.6 Å². The van der Waals surface area contributed by atoms with E-state index in [1.807, 2.05) is 0 Å². The van der Waals surface area contributed by atoms with Crippen LogP contribution in [0.1, 0.15) is 46.6 Å². The third-order valence-electron chi connectivity index (χ3n) is 6.82. The lowest BCUT2D eigenvalue weighted by atomic mass is 9.74. The predicted molar refractivity (Wildman–Crippen MR) is 140 cm³/mol. The van der Waals surface area contributed by atoms with Crippen LogP contribution in [0.3, 0.4) is 0 Å². The molecule has 0 unspecified atom stereocenters. The van der Waals surface area contributed by atoms with E-state index in [0.717, 1.165) is 37.4 Å². The first kappa shape index (κ1) is 25.1. The second-order valence-corrected chi connectivity index (χ2v) is 10.4. The minimum atomic E-state index is -0.938. The number of aliphatic carboxylic acids is 1. The minimum Gasteiger partial charge on any atom is -0.488 e. The number of likely N-dealkylation sites (tertiary alicyclic amines) is 1. The average Bonchev–Trinajstić information content (AvgIpc) is 3.47. The van der Waals surface area contributed by atoms with Gasteiger partial charge in [0, 0.05) is 28.1 Å². The van der Waals surface area contributed by atoms with Gasteiger partial charge in [-0.3, -0.25) is 9.69 Å². The van der Waals surface area contributed by atoms with Crippen molar-refractivity contribution in [1.82, 2.24) is 4.90 Å². The van der Waals surface area contributed by atoms with Crippen molar-refractivity contribution in [3.8, 4) is 0 Å². The average molecular weight is 494 g/mol. The number of hydrogen-bond donors (Lipinski definition) is 1. The number of carboxylic acid groups (broad SMARTS) is 1. The van der Waals surface area contributed by atoms with E-state index in [-0.39, 0.29) is 18.3 Å². The summed E-state index contributed by atoms with van der Waals surface area (Å²) >= 11 is 1.75. The normalized spacial score (nSPS) is 17.5. The number of fused-ring (bicyclic) bond motifs is 2. The molecule has 2 heterocycles. The summed E-state index contributed by atoms with van der Waals surface area (Å²) in [5.41, 5.74) is 3.48. The van der Waals surface area contributed by atoms with E-state index in [2.05, 4.69) is 60.0 Å². The van der Waals surface area contributed by atoms with Gasteiger partial charge in [-0.05, 0) is 73.3 Å². The molecule has 1 aliphatic heterocycles. The van der Waals surface area contributed by atoms with Crippen molar-refractivity contribution in [2.75, 3.05) is 19.8 Å². The zero-order chi connectivity index (χ0) is 24.7. The highest BCUT2D eigenvalue weighted by molar-refractivity contribution is 7.11. The van der Waals surface area contributed by atoms with E-state index in [1.54, 1.807) is 29.6 Å². The van der Waals surface area contributed by atoms with Crippen LogP contribution in [0.2, 0.25) is 0 Å². The molecule has 0 saturated carbocycles. The maximum absolute atomic E-state index is 13.1. The van der Waals surface area contributed by atoms with Crippen LogP contribution in [0.25, 0.3) is 6.08 Å². The maximum Gasteiger partial charge on any atom is 0.303 e. The summed E-state index contributed by atoms with van der Waals surface area (Å²) in [5, 5.41) is 8.77. The number of rotatable bonds is 11. The molecule has 0 amide bonds. The number of hydrogen-bond acceptors (Lipinski definition) is 4. The Balaban J connectivity index is 1.27. The zero-order valence-electron chi connectivity index (χ0n) is 19.9. The molecule has 1 fully saturated rings. The van der Waals surface area contributed by atoms with Crippen molar-refractivity contribution in [2.45, 2.75) is 44.2 Å². The molecule has 0 radical (unpaired) electrons. The van der Waals surface area contributed by atoms with Gasteiger partial charge in [0.25, 0.3) is 0 Å². The number of carbonyl (C=O) groups is 1. The topological polar surface area (TPSA) is 49.8 Å². The maximum atomic E-state index is 13.1. The highest BCUT2D eigenvalue weighted by Gasteiger charge is 2.37. The standard InChI is InChI=1S/C29H32FNO3S/c1-2-24(9-7-22(19-30)8-12-28(32)33)34-21-26-11-10-25(35-26)20-31-17-15-29(16-18-31)14-13-23-5-3-4-6-27(23)29/h2-7,9-11,13-14H,1,8,12,15-21H2,(H,32,33)/b22-7-,24-9+. The third kappa shape index (κ3) is 6.38. The summed E-state index contributed by atoms with van der Waals surface area (Å²) in [5.74, 6) is -0.403. The van der Waals surface area contributed by atoms with Crippen molar-refractivity contribution in [2.24, 2.45) is 0 Å². The quantitative estimate of drug-likeness (QED) is 0.281. The Hall–Kier alpha value is -2.96. The molecule has 4 nitrogen and oxygen atoms in total. The first-order valence-corrected chi connectivity index (χ1v) is 12.8. The van der Waals surface area contributed by atoms with Crippen LogP contribution in [0, 0.1) is 0 Å². The third-order valence-corrected chi connectivity index (χ3v) is 7.86. The van der Waals surface area contributed by atoms with Gasteiger partial charge in [0.15, 0.2) is 0 Å². The van der Waals surface area contributed by atoms with Crippen LogP contribution in [-0.4, -0.2) is 35.7 Å². The van der Waals surface area contributed by atoms with Crippen molar-refractivity contribution in [3.05, 3.63) is 99.5 Å². The molecule has 35 heavy (non-hydrogen) atoms. The molecule has 6 heteroatoms. The number of carboxylic acids is 1. The van der Waals surface area contributed by atoms with E-state index in [4.69, 9.17) is 9.84 Å². The van der Waals surface area contributed by atoms with Crippen LogP contribution in [0.5, 0.6) is 0 Å². The van der Waals surface area contributed by atoms with Gasteiger partial charge in [0.1, 0.15) is 19.0 Å². The first-order valence-electron chi connectivity index (χ1n) is 12.0. The molecular formula is C29H32FNO3S. The molecule has 1 N–H and O–H groups in total. The zero-order valence-corrected chi connectivity index (χ0v) is 20.7. The van der Waals surface area contributed by atoms with Gasteiger partial charge in [-0.15, -0.1) is 11.3 Å². The van der Waals surface area contributed by atoms with E-state index < -0.39 is 12.6 Å². The van der Waals surface area contributed by atoms with Crippen LogP contribution in [-0.2, 0) is 28.1 Å². The van der Waals surface area contributed by atoms with Gasteiger partial charge >= 0.3 is 5.97 Å². The van der Waals surface area contributed by atoms with E-state index >= 15 is 0 Å². The first-order chi connectivity index (χ1) is 17.0. The lowest BCUT2D eigenvalue weighted by Gasteiger charge is -2.39. The van der Waals surface area contributed by atoms with Gasteiger partial charge in [-0.1, -0.05) is 49.1 Å². The minimum absolute atomic E-state index is 0.0894. The summed E-state index contributed by atoms with van der Waals surface area (Å²) in [6, 6.07) is 13.0. The van der Waals surface area contributed by atoms with Gasteiger partial charge in [0.2, 0.25) is 0 Å². The SMILES string of the molecule is C=C/C(=C\C=C(/CF)CCC(=O)O)OCc1ccc(CN2CCC3(C=Cc4ccccc43)CC2)s1. The largest absolute Gasteiger partial charge is 0.488 e. The highest BCUT2D eigenvalue weighted by atomic mass is 32.1. The van der Waals surface area contributed by atoms with Gasteiger partial charge in [0.05, 0.1) is 0 Å². The number of ether oxygens (including phenoxy) is 1. The molecule has 0 bridgehead atoms. The Bertz CT molecular complexity index is 1140. The fraction of sp³-hybridized carbons (Fsp3) is 0.345. The second-order valence-electron chi connectivity index (χ2n) is 9.14. The summed E-state index contributed by atoms with van der Waals surface area (Å²) in [7, 11) is 0. The molecule has 1 aromatic carbocycles. The molecule has 184 valence electrons. The van der Waals surface area contributed by atoms with E-state index in [9.17, 15) is 9.18 Å². The van der Waals surface area contributed by atoms with Crippen molar-refractivity contribution in [3.63, 3.8) is 0 Å². The molecule has 4 rings (SSSR count). The molecule has 2 aliphatic rings. The summed E-state index contributed by atoms with van der Waals surface area (Å²) in [6.07, 6.45) is 11.9. The van der Waals surface area contributed by atoms with Gasteiger partial charge in [-0.25, -0.2) is 4.39 Å². The van der Waals surface area contributed by atoms with Crippen LogP contribution in [0.4, 0.5) is 4.39 Å². The van der Waals surface area contributed by atoms with Crippen LogP contribution < -0.4 is 0 Å². The lowest BCUT2D eigenvalue weighted by molar-refractivity contribution is -0.136. The molecule has 1 saturated heterocycles. The molecule has 2 aromatic rings. The second kappa shape index (κ2) is 11.6. The number of thiophene rings is 1. The molecular weight excluding hydrogens is 461 g/mol. The number of halogens is 1. The van der Waals surface area contributed by atoms with E-state index in [1.165, 1.54) is 16.0 Å². The van der Waals surface area contributed by atoms with Crippen molar-refractivity contribution >= 4 is 23.4 Å². The molecule has 1 aromatic heterocycles.